The molecule has 126 valence electrons. The molecule has 0 saturated carbocycles. The molecule has 0 aromatic heterocycles. The summed E-state index contributed by atoms with van der Waals surface area (Å²) in [5, 5.41) is 3.23. The molecule has 0 radical (unpaired) electrons. The molecule has 0 bridgehead atoms. The van der Waals surface area contributed by atoms with E-state index in [9.17, 15) is 13.6 Å². The molecule has 0 aromatic rings. The van der Waals surface area contributed by atoms with Gasteiger partial charge in [-0.3, -0.25) is 4.79 Å². The molecular weight excluding hydrogens is 302 g/mol. The third kappa shape index (κ3) is 2.97. The second-order valence-corrected chi connectivity index (χ2v) is 6.46. The minimum absolute atomic E-state index is 0.0151. The Labute approximate surface area is 134 Å². The lowest BCUT2D eigenvalue weighted by atomic mass is 9.90. The van der Waals surface area contributed by atoms with Crippen LogP contribution in [0.5, 0.6) is 0 Å². The molecule has 3 heterocycles. The Kier molecular flexibility index (Phi) is 4.38. The van der Waals surface area contributed by atoms with Crippen LogP contribution in [0.3, 0.4) is 0 Å². The summed E-state index contributed by atoms with van der Waals surface area (Å²) in [6.45, 7) is 6.58. The number of ether oxygens (including phenoxy) is 1. The van der Waals surface area contributed by atoms with Crippen LogP contribution in [0.25, 0.3) is 0 Å². The minimum Gasteiger partial charge on any atom is -0.342 e. The van der Waals surface area contributed by atoms with E-state index in [2.05, 4.69) is 11.9 Å². The van der Waals surface area contributed by atoms with Crippen LogP contribution in [0.2, 0.25) is 0 Å². The third-order valence-corrected chi connectivity index (χ3v) is 4.82. The summed E-state index contributed by atoms with van der Waals surface area (Å²) < 4.78 is 32.5. The summed E-state index contributed by atoms with van der Waals surface area (Å²) in [6.07, 6.45) is 4.49. The van der Waals surface area contributed by atoms with Gasteiger partial charge in [-0.25, -0.2) is 8.78 Å². The summed E-state index contributed by atoms with van der Waals surface area (Å²) in [6, 6.07) is -0.277. The first-order valence-electron chi connectivity index (χ1n) is 8.04. The highest BCUT2D eigenvalue weighted by Crippen LogP contribution is 2.43. The molecule has 3 aliphatic heterocycles. The number of rotatable bonds is 3. The molecule has 3 fully saturated rings. The van der Waals surface area contributed by atoms with Crippen LogP contribution >= 0.6 is 0 Å². The zero-order valence-corrected chi connectivity index (χ0v) is 13.3. The Balaban J connectivity index is 1.77. The highest BCUT2D eigenvalue weighted by Gasteiger charge is 2.57. The topological polar surface area (TPSA) is 41.6 Å². The maximum Gasteiger partial charge on any atom is 0.257 e. The molecule has 3 aliphatic rings. The smallest absolute Gasteiger partial charge is 0.257 e. The fourth-order valence-corrected chi connectivity index (χ4v) is 3.74. The summed E-state index contributed by atoms with van der Waals surface area (Å²) in [7, 11) is 0. The number of nitrogens with one attached hydrogen (secondary N) is 1. The number of carbonyl (C=O) groups excluding carboxylic acids is 1. The van der Waals surface area contributed by atoms with Gasteiger partial charge in [-0.1, -0.05) is 6.58 Å². The minimum atomic E-state index is -0.730. The van der Waals surface area contributed by atoms with Crippen molar-refractivity contribution in [2.45, 2.75) is 50.5 Å². The normalized spacial score (nSPS) is 30.9. The molecular formula is C17H22F2N2O2. The van der Waals surface area contributed by atoms with Gasteiger partial charge in [0.05, 0.1) is 11.9 Å². The summed E-state index contributed by atoms with van der Waals surface area (Å²) in [5.41, 5.74) is -0.252. The van der Waals surface area contributed by atoms with Gasteiger partial charge in [0.15, 0.2) is 5.60 Å². The van der Waals surface area contributed by atoms with Crippen molar-refractivity contribution in [3.05, 3.63) is 36.0 Å². The van der Waals surface area contributed by atoms with Crippen molar-refractivity contribution >= 4 is 5.91 Å². The molecule has 2 atom stereocenters. The average Bonchev–Trinajstić information content (AvgIpc) is 2.99. The van der Waals surface area contributed by atoms with E-state index in [0.717, 1.165) is 25.6 Å². The highest BCUT2D eigenvalue weighted by molar-refractivity contribution is 5.88. The number of allylic oxidation sites excluding steroid dienone is 3. The molecule has 0 unspecified atom stereocenters. The summed E-state index contributed by atoms with van der Waals surface area (Å²) in [4.78, 5) is 14.6. The van der Waals surface area contributed by atoms with Gasteiger partial charge in [-0.05, 0) is 57.3 Å². The number of hydrogen-bond donors (Lipinski definition) is 1. The van der Waals surface area contributed by atoms with E-state index >= 15 is 0 Å². The van der Waals surface area contributed by atoms with E-state index < -0.39 is 17.3 Å². The first-order chi connectivity index (χ1) is 10.9. The number of amides is 1. The zero-order chi connectivity index (χ0) is 16.6. The molecule has 1 amide bonds. The fraction of sp³-hybridized carbons (Fsp3) is 0.588. The van der Waals surface area contributed by atoms with E-state index in [0.29, 0.717) is 24.8 Å². The number of carbonyl (C=O) groups is 1. The van der Waals surface area contributed by atoms with E-state index in [4.69, 9.17) is 4.74 Å². The Morgan fingerprint density at radius 3 is 2.70 bits per heavy atom. The van der Waals surface area contributed by atoms with Gasteiger partial charge in [0.25, 0.3) is 5.91 Å². The van der Waals surface area contributed by atoms with Gasteiger partial charge >= 0.3 is 0 Å². The lowest BCUT2D eigenvalue weighted by Crippen LogP contribution is -2.50. The van der Waals surface area contributed by atoms with Gasteiger partial charge in [-0.2, -0.15) is 0 Å². The van der Waals surface area contributed by atoms with E-state index in [-0.39, 0.29) is 18.2 Å². The van der Waals surface area contributed by atoms with Gasteiger partial charge in [-0.15, -0.1) is 0 Å². The SMILES string of the molecule is C=C(/C=C(F)\C=C(/C)F)[C@@H]1CC[C@H]2OC3(CCNCC3)C(=O)N21. The summed E-state index contributed by atoms with van der Waals surface area (Å²) >= 11 is 0. The number of hydrogen-bond acceptors (Lipinski definition) is 3. The Bertz CT molecular complexity index is 575. The molecule has 3 saturated heterocycles. The van der Waals surface area contributed by atoms with Crippen LogP contribution in [0, 0.1) is 0 Å². The average molecular weight is 324 g/mol. The van der Waals surface area contributed by atoms with Crippen LogP contribution in [0.1, 0.15) is 32.6 Å². The first-order valence-corrected chi connectivity index (χ1v) is 8.04. The second kappa shape index (κ2) is 6.17. The molecule has 23 heavy (non-hydrogen) atoms. The number of nitrogens with zero attached hydrogens (tertiary/aromatic N) is 1. The van der Waals surface area contributed by atoms with Crippen LogP contribution in [0.4, 0.5) is 8.78 Å². The Morgan fingerprint density at radius 2 is 2.04 bits per heavy atom. The number of fused-ring (bicyclic) bond motifs is 1. The van der Waals surface area contributed by atoms with Crippen LogP contribution in [-0.2, 0) is 9.53 Å². The molecule has 0 aliphatic carbocycles. The van der Waals surface area contributed by atoms with Crippen molar-refractivity contribution in [3.63, 3.8) is 0 Å². The molecule has 0 aromatic carbocycles. The van der Waals surface area contributed by atoms with Gasteiger partial charge < -0.3 is 15.0 Å². The predicted molar refractivity (Wildman–Crippen MR) is 82.8 cm³/mol. The standard InChI is InChI=1S/C17H22F2N2O2/c1-11(9-13(19)10-12(2)18)14-3-4-15-21(14)16(22)17(23-15)5-7-20-8-6-17/h9-10,14-15,20H,1,3-8H2,2H3/b12-10+,13-9+/t14-,15+/m0/s1. The van der Waals surface area contributed by atoms with Gasteiger partial charge in [0.2, 0.25) is 0 Å². The van der Waals surface area contributed by atoms with E-state index in [1.165, 1.54) is 13.0 Å². The molecule has 3 rings (SSSR count). The van der Waals surface area contributed by atoms with Crippen molar-refractivity contribution < 1.29 is 18.3 Å². The zero-order valence-electron chi connectivity index (χ0n) is 13.3. The van der Waals surface area contributed by atoms with Gasteiger partial charge in [0, 0.05) is 6.08 Å². The fourth-order valence-electron chi connectivity index (χ4n) is 3.74. The van der Waals surface area contributed by atoms with Crippen molar-refractivity contribution in [2.75, 3.05) is 13.1 Å². The van der Waals surface area contributed by atoms with E-state index in [1.807, 2.05) is 0 Å². The highest BCUT2D eigenvalue weighted by atomic mass is 19.1. The van der Waals surface area contributed by atoms with E-state index in [1.54, 1.807) is 4.90 Å². The lowest BCUT2D eigenvalue weighted by molar-refractivity contribution is -0.140. The number of halogens is 2. The van der Waals surface area contributed by atoms with Crippen molar-refractivity contribution in [1.29, 1.82) is 0 Å². The molecule has 6 heteroatoms. The van der Waals surface area contributed by atoms with Crippen LogP contribution in [-0.4, -0.2) is 41.8 Å². The van der Waals surface area contributed by atoms with Crippen LogP contribution < -0.4 is 5.32 Å². The van der Waals surface area contributed by atoms with Crippen molar-refractivity contribution in [1.82, 2.24) is 10.2 Å². The van der Waals surface area contributed by atoms with Gasteiger partial charge in [0.1, 0.15) is 12.1 Å². The molecule has 1 N–H and O–H groups in total. The quantitative estimate of drug-likeness (QED) is 0.812. The largest absolute Gasteiger partial charge is 0.342 e. The predicted octanol–water partition coefficient (Wildman–Crippen LogP) is 2.74. The molecule has 4 nitrogen and oxygen atoms in total. The maximum absolute atomic E-state index is 13.7. The summed E-state index contributed by atoms with van der Waals surface area (Å²) in [5.74, 6) is -1.31. The van der Waals surface area contributed by atoms with Crippen LogP contribution in [0.15, 0.2) is 36.0 Å². The van der Waals surface area contributed by atoms with Crippen molar-refractivity contribution in [3.8, 4) is 0 Å². The molecule has 1 spiro atoms. The second-order valence-electron chi connectivity index (χ2n) is 6.46. The third-order valence-electron chi connectivity index (χ3n) is 4.82. The lowest BCUT2D eigenvalue weighted by Gasteiger charge is -2.32. The number of piperidine rings is 1. The monoisotopic (exact) mass is 324 g/mol. The first kappa shape index (κ1) is 16.3. The maximum atomic E-state index is 13.7. The Hall–Kier alpha value is -1.53. The Morgan fingerprint density at radius 1 is 1.35 bits per heavy atom. The van der Waals surface area contributed by atoms with Crippen molar-refractivity contribution in [2.24, 2.45) is 0 Å².